The third-order valence-electron chi connectivity index (χ3n) is 2.73. The zero-order valence-corrected chi connectivity index (χ0v) is 10.5. The number of furan rings is 1. The lowest BCUT2D eigenvalue weighted by Crippen LogP contribution is -2.03. The zero-order chi connectivity index (χ0) is 13.1. The van der Waals surface area contributed by atoms with E-state index in [1.54, 1.807) is 12.1 Å². The van der Waals surface area contributed by atoms with Gasteiger partial charge in [-0.3, -0.25) is 0 Å². The molecule has 0 unspecified atom stereocenters. The van der Waals surface area contributed by atoms with Gasteiger partial charge in [0.2, 0.25) is 0 Å². The van der Waals surface area contributed by atoms with Gasteiger partial charge in [-0.1, -0.05) is 13.8 Å². The molecule has 0 aliphatic heterocycles. The van der Waals surface area contributed by atoms with Gasteiger partial charge in [-0.15, -0.1) is 0 Å². The number of carboxylic acid groups (broad SMARTS) is 1. The number of rotatable bonds is 5. The van der Waals surface area contributed by atoms with Crippen LogP contribution in [0.25, 0.3) is 11.0 Å². The Balaban J connectivity index is 2.29. The van der Waals surface area contributed by atoms with Gasteiger partial charge in [-0.25, -0.2) is 4.79 Å². The van der Waals surface area contributed by atoms with Gasteiger partial charge in [0.05, 0.1) is 23.8 Å². The average Bonchev–Trinajstić information content (AvgIpc) is 2.76. The molecule has 0 spiro atoms. The van der Waals surface area contributed by atoms with Gasteiger partial charge in [-0.05, 0) is 30.5 Å². The van der Waals surface area contributed by atoms with E-state index >= 15 is 0 Å². The fourth-order valence-corrected chi connectivity index (χ4v) is 1.69. The van der Waals surface area contributed by atoms with E-state index in [0.717, 1.165) is 11.8 Å². The quantitative estimate of drug-likeness (QED) is 0.878. The second kappa shape index (κ2) is 5.12. The van der Waals surface area contributed by atoms with Gasteiger partial charge in [0.1, 0.15) is 11.3 Å². The highest BCUT2D eigenvalue weighted by Crippen LogP contribution is 2.29. The van der Waals surface area contributed by atoms with Crippen LogP contribution in [-0.2, 0) is 0 Å². The Bertz CT molecular complexity index is 554. The molecule has 18 heavy (non-hydrogen) atoms. The molecule has 0 aliphatic rings. The first-order chi connectivity index (χ1) is 8.58. The van der Waals surface area contributed by atoms with Gasteiger partial charge < -0.3 is 14.3 Å². The number of aromatic carboxylic acids is 1. The van der Waals surface area contributed by atoms with Gasteiger partial charge in [0.25, 0.3) is 0 Å². The van der Waals surface area contributed by atoms with Gasteiger partial charge in [0.15, 0.2) is 0 Å². The smallest absolute Gasteiger partial charge is 0.335 e. The Morgan fingerprint density at radius 3 is 2.89 bits per heavy atom. The lowest BCUT2D eigenvalue weighted by atomic mass is 10.1. The minimum atomic E-state index is -0.984. The second-order valence-corrected chi connectivity index (χ2v) is 4.64. The van der Waals surface area contributed by atoms with Gasteiger partial charge in [-0.2, -0.15) is 0 Å². The van der Waals surface area contributed by atoms with E-state index in [1.807, 2.05) is 0 Å². The minimum absolute atomic E-state index is 0.178. The van der Waals surface area contributed by atoms with E-state index in [2.05, 4.69) is 13.8 Å². The van der Waals surface area contributed by atoms with E-state index in [0.29, 0.717) is 23.9 Å². The number of carboxylic acids is 1. The second-order valence-electron chi connectivity index (χ2n) is 4.64. The summed E-state index contributed by atoms with van der Waals surface area (Å²) in [6, 6.07) is 4.83. The highest BCUT2D eigenvalue weighted by molar-refractivity contribution is 5.95. The van der Waals surface area contributed by atoms with Crippen LogP contribution in [0.5, 0.6) is 5.75 Å². The maximum absolute atomic E-state index is 11.0. The van der Waals surface area contributed by atoms with Crippen LogP contribution in [0, 0.1) is 5.92 Å². The molecule has 4 nitrogen and oxygen atoms in total. The molecule has 0 saturated carbocycles. The van der Waals surface area contributed by atoms with Crippen LogP contribution in [0.3, 0.4) is 0 Å². The molecule has 1 aromatic heterocycles. The predicted octanol–water partition coefficient (Wildman–Crippen LogP) is 3.56. The normalized spacial score (nSPS) is 11.1. The molecule has 1 N–H and O–H groups in total. The van der Waals surface area contributed by atoms with Crippen LogP contribution in [0.15, 0.2) is 28.9 Å². The summed E-state index contributed by atoms with van der Waals surface area (Å²) in [5.74, 6) is 0.133. The Hall–Kier alpha value is -1.97. The molecule has 2 aromatic rings. The molecule has 0 amide bonds. The summed E-state index contributed by atoms with van der Waals surface area (Å²) in [6.07, 6.45) is 2.46. The Morgan fingerprint density at radius 1 is 1.44 bits per heavy atom. The topological polar surface area (TPSA) is 59.7 Å². The first-order valence-electron chi connectivity index (χ1n) is 5.95. The van der Waals surface area contributed by atoms with Crippen LogP contribution in [0.1, 0.15) is 30.6 Å². The van der Waals surface area contributed by atoms with Crippen LogP contribution in [0.4, 0.5) is 0 Å². The minimum Gasteiger partial charge on any atom is -0.493 e. The fraction of sp³-hybridized carbons (Fsp3) is 0.357. The molecular formula is C14H16O4. The van der Waals surface area contributed by atoms with Crippen molar-refractivity contribution in [3.05, 3.63) is 30.0 Å². The third-order valence-corrected chi connectivity index (χ3v) is 2.73. The van der Waals surface area contributed by atoms with E-state index < -0.39 is 5.97 Å². The monoisotopic (exact) mass is 248 g/mol. The van der Waals surface area contributed by atoms with Crippen molar-refractivity contribution in [3.8, 4) is 5.75 Å². The van der Waals surface area contributed by atoms with Crippen LogP contribution < -0.4 is 4.74 Å². The van der Waals surface area contributed by atoms with Crippen LogP contribution in [0.2, 0.25) is 0 Å². The third kappa shape index (κ3) is 2.64. The predicted molar refractivity (Wildman–Crippen MR) is 68.1 cm³/mol. The first kappa shape index (κ1) is 12.5. The fourth-order valence-electron chi connectivity index (χ4n) is 1.69. The molecule has 0 atom stereocenters. The van der Waals surface area contributed by atoms with Crippen molar-refractivity contribution in [1.82, 2.24) is 0 Å². The summed E-state index contributed by atoms with van der Waals surface area (Å²) < 4.78 is 10.9. The Morgan fingerprint density at radius 2 is 2.22 bits per heavy atom. The van der Waals surface area contributed by atoms with Crippen LogP contribution >= 0.6 is 0 Å². The molecule has 0 saturated heterocycles. The molecule has 4 heteroatoms. The van der Waals surface area contributed by atoms with Crippen molar-refractivity contribution in [3.63, 3.8) is 0 Å². The SMILES string of the molecule is CC(C)CCOc1cc(C(=O)O)cc2occc12. The summed E-state index contributed by atoms with van der Waals surface area (Å²) in [7, 11) is 0. The number of hydrogen-bond acceptors (Lipinski definition) is 3. The van der Waals surface area contributed by atoms with E-state index in [-0.39, 0.29) is 5.56 Å². The number of hydrogen-bond donors (Lipinski definition) is 1. The maximum atomic E-state index is 11.0. The summed E-state index contributed by atoms with van der Waals surface area (Å²) in [4.78, 5) is 11.0. The zero-order valence-electron chi connectivity index (χ0n) is 10.5. The van der Waals surface area contributed by atoms with E-state index in [1.165, 1.54) is 12.3 Å². The summed E-state index contributed by atoms with van der Waals surface area (Å²) in [5, 5.41) is 9.83. The maximum Gasteiger partial charge on any atom is 0.335 e. The lowest BCUT2D eigenvalue weighted by Gasteiger charge is -2.09. The number of benzene rings is 1. The molecule has 2 rings (SSSR count). The molecule has 0 aliphatic carbocycles. The van der Waals surface area contributed by atoms with Crippen LogP contribution in [-0.4, -0.2) is 17.7 Å². The highest BCUT2D eigenvalue weighted by Gasteiger charge is 2.12. The number of fused-ring (bicyclic) bond motifs is 1. The van der Waals surface area contributed by atoms with E-state index in [4.69, 9.17) is 14.3 Å². The molecular weight excluding hydrogens is 232 g/mol. The van der Waals surface area contributed by atoms with Gasteiger partial charge >= 0.3 is 5.97 Å². The molecule has 0 bridgehead atoms. The standard InChI is InChI=1S/C14H16O4/c1-9(2)3-5-17-12-7-10(14(15)16)8-13-11(12)4-6-18-13/h4,6-9H,3,5H2,1-2H3,(H,15,16). The summed E-state index contributed by atoms with van der Waals surface area (Å²) in [6.45, 7) is 4.80. The van der Waals surface area contributed by atoms with Crippen molar-refractivity contribution < 1.29 is 19.1 Å². The molecule has 0 fully saturated rings. The first-order valence-corrected chi connectivity index (χ1v) is 5.95. The van der Waals surface area contributed by atoms with E-state index in [9.17, 15) is 4.79 Å². The van der Waals surface area contributed by atoms with Crippen molar-refractivity contribution >= 4 is 16.9 Å². The lowest BCUT2D eigenvalue weighted by molar-refractivity contribution is 0.0696. The summed E-state index contributed by atoms with van der Waals surface area (Å²) >= 11 is 0. The van der Waals surface area contributed by atoms with Crippen molar-refractivity contribution in [2.45, 2.75) is 20.3 Å². The molecule has 1 aromatic carbocycles. The number of carbonyl (C=O) groups is 1. The summed E-state index contributed by atoms with van der Waals surface area (Å²) in [5.41, 5.74) is 0.714. The average molecular weight is 248 g/mol. The Kier molecular flexibility index (Phi) is 3.55. The number of ether oxygens (including phenoxy) is 1. The molecule has 96 valence electrons. The largest absolute Gasteiger partial charge is 0.493 e. The molecule has 1 heterocycles. The Labute approximate surface area is 105 Å². The van der Waals surface area contributed by atoms with Crippen molar-refractivity contribution in [2.75, 3.05) is 6.61 Å². The van der Waals surface area contributed by atoms with Gasteiger partial charge in [0, 0.05) is 0 Å². The van der Waals surface area contributed by atoms with Crippen molar-refractivity contribution in [1.29, 1.82) is 0 Å². The highest BCUT2D eigenvalue weighted by atomic mass is 16.5. The molecule has 0 radical (unpaired) electrons. The van der Waals surface area contributed by atoms with Crippen molar-refractivity contribution in [2.24, 2.45) is 5.92 Å².